The fourth-order valence-electron chi connectivity index (χ4n) is 10.3. The molecule has 69 heavy (non-hydrogen) atoms. The average molecular weight is 883 g/mol. The molecule has 322 valence electrons. The van der Waals surface area contributed by atoms with Gasteiger partial charge in [-0.2, -0.15) is 0 Å². The van der Waals surface area contributed by atoms with E-state index in [0.29, 0.717) is 17.5 Å². The molecular weight excluding hydrogens is 845 g/mol. The summed E-state index contributed by atoms with van der Waals surface area (Å²) in [6.45, 7) is 0. The fraction of sp³-hybridized carbons (Fsp3) is 0. The zero-order chi connectivity index (χ0) is 45.4. The number of hydrogen-bond donors (Lipinski definition) is 0. The Morgan fingerprint density at radius 2 is 0.609 bits per heavy atom. The summed E-state index contributed by atoms with van der Waals surface area (Å²) < 4.78 is 7.28. The molecule has 6 aromatic heterocycles. The molecule has 0 aliphatic carbocycles. The molecule has 0 bridgehead atoms. The van der Waals surface area contributed by atoms with Crippen LogP contribution in [0, 0.1) is 0 Å². The van der Waals surface area contributed by atoms with Gasteiger partial charge in [0.1, 0.15) is 0 Å². The minimum absolute atomic E-state index is 0.605. The number of fused-ring (bicyclic) bond motifs is 9. The average Bonchev–Trinajstić information content (AvgIpc) is 4.07. The van der Waals surface area contributed by atoms with Gasteiger partial charge in [0.2, 0.25) is 0 Å². The first-order valence-corrected chi connectivity index (χ1v) is 23.1. The highest BCUT2D eigenvalue weighted by Crippen LogP contribution is 2.44. The summed E-state index contributed by atoms with van der Waals surface area (Å²) in [5.74, 6) is 1.85. The molecule has 8 heteroatoms. The van der Waals surface area contributed by atoms with Crippen molar-refractivity contribution in [3.8, 4) is 62.4 Å². The van der Waals surface area contributed by atoms with Crippen LogP contribution in [-0.4, -0.2) is 38.6 Å². The summed E-state index contributed by atoms with van der Waals surface area (Å²) in [5, 5.41) is 4.53. The molecule has 0 amide bonds. The van der Waals surface area contributed by atoms with Crippen LogP contribution in [0.3, 0.4) is 0 Å². The van der Waals surface area contributed by atoms with E-state index >= 15 is 0 Å². The normalized spacial score (nSPS) is 11.8. The summed E-state index contributed by atoms with van der Waals surface area (Å²) in [6.07, 6.45) is 3.78. The van der Waals surface area contributed by atoms with E-state index in [1.807, 2.05) is 85.2 Å². The molecule has 0 unspecified atom stereocenters. The van der Waals surface area contributed by atoms with Crippen LogP contribution >= 0.6 is 0 Å². The van der Waals surface area contributed by atoms with Crippen LogP contribution in [0.1, 0.15) is 0 Å². The van der Waals surface area contributed by atoms with E-state index in [9.17, 15) is 0 Å². The van der Waals surface area contributed by atoms with Crippen LogP contribution in [0.25, 0.3) is 128 Å². The Balaban J connectivity index is 1.09. The number of rotatable bonds is 7. The monoisotopic (exact) mass is 882 g/mol. The van der Waals surface area contributed by atoms with Gasteiger partial charge in [0.05, 0.1) is 61.2 Å². The zero-order valence-corrected chi connectivity index (χ0v) is 37.0. The lowest BCUT2D eigenvalue weighted by atomic mass is 10.00. The first kappa shape index (κ1) is 38.7. The molecule has 8 nitrogen and oxygen atoms in total. The Hall–Kier alpha value is -9.53. The van der Waals surface area contributed by atoms with Gasteiger partial charge in [-0.25, -0.2) is 15.0 Å². The largest absolute Gasteiger partial charge is 0.305 e. The van der Waals surface area contributed by atoms with Crippen molar-refractivity contribution >= 4 is 65.7 Å². The topological polar surface area (TPSA) is 79.2 Å². The van der Waals surface area contributed by atoms with Gasteiger partial charge in [-0.3, -0.25) is 9.97 Å². The Kier molecular flexibility index (Phi) is 8.72. The third-order valence-corrected chi connectivity index (χ3v) is 13.4. The molecule has 0 saturated heterocycles. The molecule has 0 saturated carbocycles. The van der Waals surface area contributed by atoms with E-state index in [1.165, 1.54) is 10.8 Å². The third-order valence-electron chi connectivity index (χ3n) is 13.4. The van der Waals surface area contributed by atoms with E-state index in [2.05, 4.69) is 159 Å². The highest BCUT2D eigenvalue weighted by molar-refractivity contribution is 6.12. The Labute approximate surface area is 395 Å². The Morgan fingerprint density at radius 1 is 0.261 bits per heavy atom. The van der Waals surface area contributed by atoms with E-state index < -0.39 is 0 Å². The molecule has 0 radical (unpaired) electrons. The third kappa shape index (κ3) is 6.13. The van der Waals surface area contributed by atoms with Gasteiger partial charge in [-0.15, -0.1) is 0 Å². The smallest absolute Gasteiger partial charge is 0.164 e. The minimum Gasteiger partial charge on any atom is -0.305 e. The summed E-state index contributed by atoms with van der Waals surface area (Å²) in [6, 6.07) is 76.7. The van der Waals surface area contributed by atoms with E-state index in [-0.39, 0.29) is 0 Å². The van der Waals surface area contributed by atoms with Crippen molar-refractivity contribution in [1.29, 1.82) is 0 Å². The lowest BCUT2D eigenvalue weighted by Gasteiger charge is -2.23. The number of para-hydroxylation sites is 4. The molecule has 0 spiro atoms. The fourth-order valence-corrected chi connectivity index (χ4v) is 10.3. The van der Waals surface area contributed by atoms with E-state index in [1.54, 1.807) is 0 Å². The van der Waals surface area contributed by atoms with Crippen molar-refractivity contribution in [1.82, 2.24) is 38.6 Å². The molecule has 14 rings (SSSR count). The maximum atomic E-state index is 5.06. The summed E-state index contributed by atoms with van der Waals surface area (Å²) in [4.78, 5) is 25.1. The molecule has 8 aromatic carbocycles. The Morgan fingerprint density at radius 3 is 1.06 bits per heavy atom. The first-order valence-electron chi connectivity index (χ1n) is 23.1. The standard InChI is InChI=1S/C61H38N8/c1-3-17-40(18-4-1)59-64-60(41-19-5-2-6-20-41)66-61(65-59)42-33-31-39(32-34-42)43-37-54(67-50-27-13-9-23-46(50)56-52(67)29-15-35-62-56)58(69-48-25-11-7-21-44(48)45-22-8-12-26-49(45)69)55(38-43)68-51-28-14-10-24-47(51)57-53(68)30-16-36-63-57/h1-38H. The number of pyridine rings is 2. The van der Waals surface area contributed by atoms with Crippen molar-refractivity contribution in [3.05, 3.63) is 231 Å². The quantitative estimate of drug-likeness (QED) is 0.159. The predicted octanol–water partition coefficient (Wildman–Crippen LogP) is 14.6. The van der Waals surface area contributed by atoms with Crippen molar-refractivity contribution in [2.45, 2.75) is 0 Å². The second-order valence-electron chi connectivity index (χ2n) is 17.3. The van der Waals surface area contributed by atoms with E-state index in [4.69, 9.17) is 24.9 Å². The van der Waals surface area contributed by atoms with Gasteiger partial charge < -0.3 is 13.7 Å². The minimum atomic E-state index is 0.605. The lowest BCUT2D eigenvalue weighted by molar-refractivity contribution is 1.05. The second-order valence-corrected chi connectivity index (χ2v) is 17.3. The SMILES string of the molecule is c1ccc(-c2nc(-c3ccccc3)nc(-c3ccc(-c4cc(-n5c6ccccc6c6ncccc65)c(-n5c6ccccc6c6ccccc65)c(-n5c6ccccc6c6ncccc65)c4)cc3)n2)cc1. The van der Waals surface area contributed by atoms with Gasteiger partial charge in [0.25, 0.3) is 0 Å². The molecule has 0 aliphatic rings. The summed E-state index contributed by atoms with van der Waals surface area (Å²) in [7, 11) is 0. The van der Waals surface area contributed by atoms with Gasteiger partial charge in [-0.1, -0.05) is 158 Å². The number of aromatic nitrogens is 8. The van der Waals surface area contributed by atoms with Gasteiger partial charge in [-0.05, 0) is 71.8 Å². The molecule has 0 atom stereocenters. The molecule has 0 fully saturated rings. The maximum Gasteiger partial charge on any atom is 0.164 e. The second kappa shape index (κ2) is 15.5. The molecular formula is C61H38N8. The van der Waals surface area contributed by atoms with Gasteiger partial charge in [0, 0.05) is 50.6 Å². The van der Waals surface area contributed by atoms with Crippen molar-refractivity contribution in [3.63, 3.8) is 0 Å². The molecule has 14 aromatic rings. The Bertz CT molecular complexity index is 3950. The van der Waals surface area contributed by atoms with Crippen molar-refractivity contribution in [2.75, 3.05) is 0 Å². The highest BCUT2D eigenvalue weighted by atomic mass is 15.1. The maximum absolute atomic E-state index is 5.06. The van der Waals surface area contributed by atoms with Crippen LogP contribution < -0.4 is 0 Å². The van der Waals surface area contributed by atoms with Crippen molar-refractivity contribution < 1.29 is 0 Å². The van der Waals surface area contributed by atoms with Crippen molar-refractivity contribution in [2.24, 2.45) is 0 Å². The lowest BCUT2D eigenvalue weighted by Crippen LogP contribution is -2.10. The predicted molar refractivity (Wildman–Crippen MR) is 280 cm³/mol. The van der Waals surface area contributed by atoms with Crippen LogP contribution in [0.2, 0.25) is 0 Å². The molecule has 0 N–H and O–H groups in total. The van der Waals surface area contributed by atoms with Crippen LogP contribution in [0.4, 0.5) is 0 Å². The van der Waals surface area contributed by atoms with Gasteiger partial charge in [0.15, 0.2) is 17.5 Å². The number of nitrogens with zero attached hydrogens (tertiary/aromatic N) is 8. The van der Waals surface area contributed by atoms with Crippen LogP contribution in [-0.2, 0) is 0 Å². The zero-order valence-electron chi connectivity index (χ0n) is 37.0. The molecule has 6 heterocycles. The highest BCUT2D eigenvalue weighted by Gasteiger charge is 2.26. The molecule has 0 aliphatic heterocycles. The first-order chi connectivity index (χ1) is 34.2. The summed E-state index contributed by atoms with van der Waals surface area (Å²) in [5.41, 5.74) is 16.1. The van der Waals surface area contributed by atoms with Crippen LogP contribution in [0.15, 0.2) is 231 Å². The van der Waals surface area contributed by atoms with Gasteiger partial charge >= 0.3 is 0 Å². The van der Waals surface area contributed by atoms with Crippen LogP contribution in [0.5, 0.6) is 0 Å². The number of benzene rings is 8. The summed E-state index contributed by atoms with van der Waals surface area (Å²) >= 11 is 0. The number of hydrogen-bond acceptors (Lipinski definition) is 5. The van der Waals surface area contributed by atoms with E-state index in [0.717, 1.165) is 99.8 Å².